The third-order valence-electron chi connectivity index (χ3n) is 13.1. The van der Waals surface area contributed by atoms with Crippen LogP contribution in [0.25, 0.3) is 127 Å². The minimum absolute atomic E-state index is 0.710. The molecule has 308 valence electrons. The Labute approximate surface area is 381 Å². The number of hydrogen-bond acceptors (Lipinski definition) is 3. The molecule has 13 aromatic rings. The normalized spacial score (nSPS) is 11.6. The fourth-order valence-corrected chi connectivity index (χ4v) is 9.86. The number of fused-ring (bicyclic) bond motifs is 8. The lowest BCUT2D eigenvalue weighted by Crippen LogP contribution is -1.95. The Morgan fingerprint density at radius 3 is 1.44 bits per heavy atom. The van der Waals surface area contributed by atoms with Crippen LogP contribution in [0.1, 0.15) is 0 Å². The second-order valence-corrected chi connectivity index (χ2v) is 16.9. The third kappa shape index (κ3) is 6.30. The van der Waals surface area contributed by atoms with Gasteiger partial charge in [-0.05, 0) is 81.2 Å². The van der Waals surface area contributed by atoms with Crippen LogP contribution in [0.15, 0.2) is 241 Å². The molecule has 3 heterocycles. The summed E-state index contributed by atoms with van der Waals surface area (Å²) in [6.07, 6.45) is 0. The molecule has 0 saturated carbocycles. The van der Waals surface area contributed by atoms with E-state index in [1.807, 2.05) is 36.4 Å². The highest BCUT2D eigenvalue weighted by Crippen LogP contribution is 2.44. The molecule has 0 saturated heterocycles. The van der Waals surface area contributed by atoms with Gasteiger partial charge < -0.3 is 8.98 Å². The minimum Gasteiger partial charge on any atom is -0.455 e. The number of rotatable bonds is 7. The van der Waals surface area contributed by atoms with Gasteiger partial charge in [0.25, 0.3) is 0 Å². The van der Waals surface area contributed by atoms with E-state index in [4.69, 9.17) is 14.4 Å². The van der Waals surface area contributed by atoms with Gasteiger partial charge in [0, 0.05) is 49.3 Å². The van der Waals surface area contributed by atoms with Crippen molar-refractivity contribution in [2.45, 2.75) is 0 Å². The molecule has 0 unspecified atom stereocenters. The zero-order valence-electron chi connectivity index (χ0n) is 35.8. The van der Waals surface area contributed by atoms with E-state index in [0.717, 1.165) is 94.3 Å². The molecule has 0 radical (unpaired) electrons. The van der Waals surface area contributed by atoms with Gasteiger partial charge in [0.2, 0.25) is 0 Å². The highest BCUT2D eigenvalue weighted by Gasteiger charge is 2.19. The van der Waals surface area contributed by atoms with E-state index in [2.05, 4.69) is 205 Å². The third-order valence-corrected chi connectivity index (χ3v) is 13.1. The fourth-order valence-electron chi connectivity index (χ4n) is 9.86. The smallest absolute Gasteiger partial charge is 0.160 e. The second-order valence-electron chi connectivity index (χ2n) is 16.9. The molecular weight excluding hydrogens is 803 g/mol. The summed E-state index contributed by atoms with van der Waals surface area (Å²) >= 11 is 0. The van der Waals surface area contributed by atoms with Gasteiger partial charge in [0.05, 0.1) is 22.4 Å². The van der Waals surface area contributed by atoms with Crippen LogP contribution in [0.5, 0.6) is 0 Å². The van der Waals surface area contributed by atoms with Gasteiger partial charge >= 0.3 is 0 Å². The summed E-state index contributed by atoms with van der Waals surface area (Å²) in [6.45, 7) is 0. The number of aromatic nitrogens is 3. The molecule has 0 atom stereocenters. The van der Waals surface area contributed by atoms with Gasteiger partial charge in [0.1, 0.15) is 11.2 Å². The monoisotopic (exact) mass is 841 g/mol. The molecule has 4 heteroatoms. The van der Waals surface area contributed by atoms with Crippen molar-refractivity contribution in [2.24, 2.45) is 0 Å². The molecule has 10 aromatic carbocycles. The van der Waals surface area contributed by atoms with Crippen molar-refractivity contribution < 1.29 is 4.42 Å². The lowest BCUT2D eigenvalue weighted by atomic mass is 9.92. The lowest BCUT2D eigenvalue weighted by molar-refractivity contribution is 0.673. The Morgan fingerprint density at radius 1 is 0.318 bits per heavy atom. The van der Waals surface area contributed by atoms with Crippen molar-refractivity contribution in [3.8, 4) is 73.0 Å². The molecular formula is C62H39N3O. The summed E-state index contributed by atoms with van der Waals surface area (Å²) in [5, 5.41) is 7.01. The van der Waals surface area contributed by atoms with Crippen LogP contribution in [-0.4, -0.2) is 14.5 Å². The zero-order chi connectivity index (χ0) is 43.6. The Kier molecular flexibility index (Phi) is 8.81. The molecule has 0 aliphatic rings. The second kappa shape index (κ2) is 15.4. The first-order valence-electron chi connectivity index (χ1n) is 22.4. The van der Waals surface area contributed by atoms with Crippen molar-refractivity contribution in [1.82, 2.24) is 14.5 Å². The van der Waals surface area contributed by atoms with Gasteiger partial charge in [-0.2, -0.15) is 0 Å². The van der Waals surface area contributed by atoms with Gasteiger partial charge in [-0.3, -0.25) is 0 Å². The van der Waals surface area contributed by atoms with Crippen LogP contribution in [0, 0.1) is 0 Å². The van der Waals surface area contributed by atoms with Crippen LogP contribution >= 0.6 is 0 Å². The number of hydrogen-bond donors (Lipinski definition) is 0. The standard InChI is InChI=1S/C62H39N3O/c1-3-14-44(15-4-1)55-39-56(64-62(63-55)46-16-5-2-6-17-46)45-32-28-41(29-33-45)40-26-30-43(31-27-40)53-38-54-60-48(22-13-25-59(60)66-61(54)52-21-8-7-18-49(52)53)42-34-36-47(37-35-42)65-57-23-11-9-19-50(57)51-20-10-12-24-58(51)65/h1-39H. The SMILES string of the molecule is c1ccc(-c2cc(-c3ccc(-c4ccc(-c5cc6c(oc7cccc(-c8ccc(-n9c%10ccccc%10c%10ccccc%109)cc8)c76)c6ccccc56)cc4)cc3)nc(-c3ccccc3)n2)cc1. The van der Waals surface area contributed by atoms with Crippen molar-refractivity contribution in [1.29, 1.82) is 0 Å². The molecule has 0 amide bonds. The zero-order valence-corrected chi connectivity index (χ0v) is 35.8. The predicted molar refractivity (Wildman–Crippen MR) is 274 cm³/mol. The van der Waals surface area contributed by atoms with Gasteiger partial charge in [-0.1, -0.05) is 194 Å². The molecule has 13 rings (SSSR count). The van der Waals surface area contributed by atoms with Gasteiger partial charge in [-0.25, -0.2) is 9.97 Å². The summed E-state index contributed by atoms with van der Waals surface area (Å²) in [6, 6.07) is 83.9. The van der Waals surface area contributed by atoms with E-state index in [9.17, 15) is 0 Å². The van der Waals surface area contributed by atoms with E-state index in [-0.39, 0.29) is 0 Å². The molecule has 0 fully saturated rings. The van der Waals surface area contributed by atoms with Crippen LogP contribution in [0.3, 0.4) is 0 Å². The molecule has 0 aliphatic carbocycles. The summed E-state index contributed by atoms with van der Waals surface area (Å²) in [4.78, 5) is 10.0. The molecule has 4 nitrogen and oxygen atoms in total. The number of nitrogens with zero attached hydrogens (tertiary/aromatic N) is 3. The first-order chi connectivity index (χ1) is 32.7. The van der Waals surface area contributed by atoms with Gasteiger partial charge in [0.15, 0.2) is 5.82 Å². The molecule has 0 aliphatic heterocycles. The molecule has 0 bridgehead atoms. The minimum atomic E-state index is 0.710. The van der Waals surface area contributed by atoms with E-state index in [1.165, 1.54) is 27.4 Å². The maximum Gasteiger partial charge on any atom is 0.160 e. The topological polar surface area (TPSA) is 43.9 Å². The predicted octanol–water partition coefficient (Wildman–Crippen LogP) is 16.6. The maximum atomic E-state index is 6.76. The fraction of sp³-hybridized carbons (Fsp3) is 0. The molecule has 66 heavy (non-hydrogen) atoms. The lowest BCUT2D eigenvalue weighted by Gasteiger charge is -2.11. The summed E-state index contributed by atoms with van der Waals surface area (Å²) in [5.74, 6) is 0.710. The van der Waals surface area contributed by atoms with E-state index < -0.39 is 0 Å². The van der Waals surface area contributed by atoms with E-state index in [0.29, 0.717) is 5.82 Å². The van der Waals surface area contributed by atoms with Crippen LogP contribution in [0.2, 0.25) is 0 Å². The number of furan rings is 1. The quantitative estimate of drug-likeness (QED) is 0.161. The largest absolute Gasteiger partial charge is 0.455 e. The summed E-state index contributed by atoms with van der Waals surface area (Å²) in [5.41, 5.74) is 17.1. The summed E-state index contributed by atoms with van der Waals surface area (Å²) in [7, 11) is 0. The van der Waals surface area contributed by atoms with Crippen molar-refractivity contribution in [2.75, 3.05) is 0 Å². The first-order valence-corrected chi connectivity index (χ1v) is 22.4. The molecule has 3 aromatic heterocycles. The maximum absolute atomic E-state index is 6.76. The summed E-state index contributed by atoms with van der Waals surface area (Å²) < 4.78 is 9.13. The van der Waals surface area contributed by atoms with Crippen LogP contribution in [-0.2, 0) is 0 Å². The average Bonchev–Trinajstić information content (AvgIpc) is 3.95. The Balaban J connectivity index is 0.858. The van der Waals surface area contributed by atoms with Crippen molar-refractivity contribution in [3.05, 3.63) is 237 Å². The molecule has 0 N–H and O–H groups in total. The van der Waals surface area contributed by atoms with Gasteiger partial charge in [-0.15, -0.1) is 0 Å². The Morgan fingerprint density at radius 2 is 0.803 bits per heavy atom. The van der Waals surface area contributed by atoms with E-state index >= 15 is 0 Å². The van der Waals surface area contributed by atoms with Crippen molar-refractivity contribution in [3.63, 3.8) is 0 Å². The average molecular weight is 842 g/mol. The van der Waals surface area contributed by atoms with Crippen molar-refractivity contribution >= 4 is 54.5 Å². The van der Waals surface area contributed by atoms with E-state index in [1.54, 1.807) is 0 Å². The highest BCUT2D eigenvalue weighted by atomic mass is 16.3. The Bertz CT molecular complexity index is 3830. The number of para-hydroxylation sites is 2. The van der Waals surface area contributed by atoms with Crippen LogP contribution in [0.4, 0.5) is 0 Å². The first kappa shape index (κ1) is 37.7. The number of benzene rings is 10. The molecule has 0 spiro atoms. The highest BCUT2D eigenvalue weighted by molar-refractivity contribution is 6.22. The Hall–Kier alpha value is -8.86. The van der Waals surface area contributed by atoms with Crippen LogP contribution < -0.4 is 0 Å².